The van der Waals surface area contributed by atoms with Crippen molar-refractivity contribution in [2.45, 2.75) is 52.0 Å². The quantitative estimate of drug-likeness (QED) is 0.215. The van der Waals surface area contributed by atoms with Crippen molar-refractivity contribution < 1.29 is 0 Å². The molecule has 0 unspecified atom stereocenters. The molecule has 4 aromatic carbocycles. The summed E-state index contributed by atoms with van der Waals surface area (Å²) in [4.78, 5) is 0. The molecule has 0 aliphatic heterocycles. The van der Waals surface area contributed by atoms with Gasteiger partial charge in [0.2, 0.25) is 0 Å². The molecule has 0 amide bonds. The maximum absolute atomic E-state index is 2.50. The number of benzene rings is 4. The SMILES string of the molecule is CCCCCCCCn1c2ccccc2c2ccccc21.c1ccc(-c2ccccc2)cc1. The van der Waals surface area contributed by atoms with Crippen LogP contribution in [0.25, 0.3) is 32.9 Å². The van der Waals surface area contributed by atoms with Gasteiger partial charge in [-0.1, -0.05) is 136 Å². The molecule has 0 radical (unpaired) electrons. The molecule has 5 aromatic rings. The van der Waals surface area contributed by atoms with Crippen LogP contribution in [0.2, 0.25) is 0 Å². The molecule has 33 heavy (non-hydrogen) atoms. The Labute approximate surface area is 198 Å². The number of hydrogen-bond acceptors (Lipinski definition) is 0. The van der Waals surface area contributed by atoms with Crippen LogP contribution in [0.4, 0.5) is 0 Å². The third kappa shape index (κ3) is 5.93. The minimum absolute atomic E-state index is 1.14. The average molecular weight is 434 g/mol. The standard InChI is InChI=1S/C20H25N.C12H10/c1-2-3-4-5-6-11-16-21-19-14-9-7-12-17(19)18-13-8-10-15-20(18)21;1-3-7-11(8-4-1)12-9-5-2-6-10-12/h7-10,12-15H,2-6,11,16H2,1H3;1-10H. The lowest BCUT2D eigenvalue weighted by atomic mass is 10.1. The molecule has 0 aliphatic rings. The first kappa shape index (κ1) is 22.9. The van der Waals surface area contributed by atoms with Crippen molar-refractivity contribution in [3.8, 4) is 11.1 Å². The van der Waals surface area contributed by atoms with E-state index >= 15 is 0 Å². The highest BCUT2D eigenvalue weighted by atomic mass is 15.0. The van der Waals surface area contributed by atoms with E-state index in [1.807, 2.05) is 12.1 Å². The van der Waals surface area contributed by atoms with Crippen molar-refractivity contribution in [2.75, 3.05) is 0 Å². The summed E-state index contributed by atoms with van der Waals surface area (Å²) >= 11 is 0. The number of para-hydroxylation sites is 2. The Kier molecular flexibility index (Phi) is 8.36. The summed E-state index contributed by atoms with van der Waals surface area (Å²) < 4.78 is 2.50. The molecule has 1 aromatic heterocycles. The molecule has 0 bridgehead atoms. The van der Waals surface area contributed by atoms with E-state index in [1.165, 1.54) is 71.5 Å². The topological polar surface area (TPSA) is 4.93 Å². The lowest BCUT2D eigenvalue weighted by molar-refractivity contribution is 0.571. The van der Waals surface area contributed by atoms with Crippen molar-refractivity contribution in [1.29, 1.82) is 0 Å². The Morgan fingerprint density at radius 3 is 1.39 bits per heavy atom. The van der Waals surface area contributed by atoms with Crippen molar-refractivity contribution in [1.82, 2.24) is 4.57 Å². The van der Waals surface area contributed by atoms with Crippen LogP contribution < -0.4 is 0 Å². The normalized spacial score (nSPS) is 10.8. The predicted molar refractivity (Wildman–Crippen MR) is 145 cm³/mol. The van der Waals surface area contributed by atoms with Crippen LogP contribution >= 0.6 is 0 Å². The van der Waals surface area contributed by atoms with Gasteiger partial charge < -0.3 is 4.57 Å². The largest absolute Gasteiger partial charge is 0.340 e. The first-order chi connectivity index (χ1) is 16.4. The summed E-state index contributed by atoms with van der Waals surface area (Å²) in [5, 5.41) is 2.78. The monoisotopic (exact) mass is 433 g/mol. The minimum atomic E-state index is 1.14. The number of rotatable bonds is 8. The van der Waals surface area contributed by atoms with E-state index in [-0.39, 0.29) is 0 Å². The fourth-order valence-corrected chi connectivity index (χ4v) is 4.56. The molecule has 0 fully saturated rings. The maximum Gasteiger partial charge on any atom is 0.0491 e. The molecule has 1 nitrogen and oxygen atoms in total. The van der Waals surface area contributed by atoms with E-state index in [2.05, 4.69) is 109 Å². The fourth-order valence-electron chi connectivity index (χ4n) is 4.56. The van der Waals surface area contributed by atoms with Gasteiger partial charge in [0.05, 0.1) is 0 Å². The van der Waals surface area contributed by atoms with E-state index in [1.54, 1.807) is 0 Å². The minimum Gasteiger partial charge on any atom is -0.340 e. The van der Waals surface area contributed by atoms with Gasteiger partial charge in [0.1, 0.15) is 0 Å². The molecule has 0 aliphatic carbocycles. The van der Waals surface area contributed by atoms with Crippen molar-refractivity contribution >= 4 is 21.8 Å². The van der Waals surface area contributed by atoms with Crippen molar-refractivity contribution in [3.05, 3.63) is 109 Å². The zero-order valence-electron chi connectivity index (χ0n) is 19.8. The highest BCUT2D eigenvalue weighted by molar-refractivity contribution is 6.07. The molecule has 168 valence electrons. The highest BCUT2D eigenvalue weighted by Crippen LogP contribution is 2.29. The Hall–Kier alpha value is -3.32. The van der Waals surface area contributed by atoms with Gasteiger partial charge in [0.15, 0.2) is 0 Å². The lowest BCUT2D eigenvalue weighted by Crippen LogP contribution is -1.97. The Morgan fingerprint density at radius 1 is 0.455 bits per heavy atom. The van der Waals surface area contributed by atoms with Gasteiger partial charge in [-0.15, -0.1) is 0 Å². The molecule has 0 N–H and O–H groups in total. The lowest BCUT2D eigenvalue weighted by Gasteiger charge is -2.07. The Bertz CT molecular complexity index is 1140. The zero-order chi connectivity index (χ0) is 22.7. The molecular weight excluding hydrogens is 398 g/mol. The maximum atomic E-state index is 2.50. The molecular formula is C32H35N. The molecule has 0 spiro atoms. The number of hydrogen-bond donors (Lipinski definition) is 0. The predicted octanol–water partition coefficient (Wildman–Crippen LogP) is 9.51. The summed E-state index contributed by atoms with van der Waals surface area (Å²) in [5.74, 6) is 0. The van der Waals surface area contributed by atoms with Crippen LogP contribution in [0, 0.1) is 0 Å². The summed E-state index contributed by atoms with van der Waals surface area (Å²) in [6, 6.07) is 38.4. The third-order valence-electron chi connectivity index (χ3n) is 6.30. The summed E-state index contributed by atoms with van der Waals surface area (Å²) in [6.45, 7) is 3.41. The number of unbranched alkanes of at least 4 members (excludes halogenated alkanes) is 5. The number of aryl methyl sites for hydroxylation is 1. The fraction of sp³-hybridized carbons (Fsp3) is 0.250. The summed E-state index contributed by atoms with van der Waals surface area (Å²) in [6.07, 6.45) is 8.12. The second-order valence-electron chi connectivity index (χ2n) is 8.69. The second-order valence-corrected chi connectivity index (χ2v) is 8.69. The van der Waals surface area contributed by atoms with Gasteiger partial charge in [-0.25, -0.2) is 0 Å². The van der Waals surface area contributed by atoms with E-state index < -0.39 is 0 Å². The van der Waals surface area contributed by atoms with E-state index in [9.17, 15) is 0 Å². The van der Waals surface area contributed by atoms with Crippen LogP contribution in [-0.4, -0.2) is 4.57 Å². The van der Waals surface area contributed by atoms with Crippen LogP contribution in [0.15, 0.2) is 109 Å². The van der Waals surface area contributed by atoms with Gasteiger partial charge in [-0.2, -0.15) is 0 Å². The molecule has 5 rings (SSSR count). The van der Waals surface area contributed by atoms with E-state index in [0.29, 0.717) is 0 Å². The van der Waals surface area contributed by atoms with Crippen LogP contribution in [0.3, 0.4) is 0 Å². The van der Waals surface area contributed by atoms with E-state index in [4.69, 9.17) is 0 Å². The molecule has 0 saturated heterocycles. The van der Waals surface area contributed by atoms with Gasteiger partial charge in [-0.05, 0) is 29.7 Å². The number of fused-ring (bicyclic) bond motifs is 3. The summed E-state index contributed by atoms with van der Waals surface area (Å²) in [5.41, 5.74) is 5.32. The van der Waals surface area contributed by atoms with Crippen LogP contribution in [-0.2, 0) is 6.54 Å². The summed E-state index contributed by atoms with van der Waals surface area (Å²) in [7, 11) is 0. The third-order valence-corrected chi connectivity index (χ3v) is 6.30. The van der Waals surface area contributed by atoms with Crippen LogP contribution in [0.5, 0.6) is 0 Å². The first-order valence-corrected chi connectivity index (χ1v) is 12.4. The second kappa shape index (κ2) is 12.1. The zero-order valence-corrected chi connectivity index (χ0v) is 19.8. The van der Waals surface area contributed by atoms with Crippen LogP contribution in [0.1, 0.15) is 45.4 Å². The molecule has 0 saturated carbocycles. The van der Waals surface area contributed by atoms with Crippen molar-refractivity contribution in [2.24, 2.45) is 0 Å². The molecule has 1 heterocycles. The Morgan fingerprint density at radius 2 is 0.879 bits per heavy atom. The number of nitrogens with zero attached hydrogens (tertiary/aromatic N) is 1. The number of aromatic nitrogens is 1. The first-order valence-electron chi connectivity index (χ1n) is 12.4. The van der Waals surface area contributed by atoms with E-state index in [0.717, 1.165) is 6.54 Å². The van der Waals surface area contributed by atoms with Gasteiger partial charge in [0, 0.05) is 28.4 Å². The van der Waals surface area contributed by atoms with Gasteiger partial charge >= 0.3 is 0 Å². The van der Waals surface area contributed by atoms with Gasteiger partial charge in [0.25, 0.3) is 0 Å². The molecule has 1 heteroatoms. The highest BCUT2D eigenvalue weighted by Gasteiger charge is 2.08. The average Bonchev–Trinajstić information content (AvgIpc) is 3.21. The Balaban J connectivity index is 0.000000183. The molecule has 0 atom stereocenters. The van der Waals surface area contributed by atoms with Crippen molar-refractivity contribution in [3.63, 3.8) is 0 Å². The van der Waals surface area contributed by atoms with Gasteiger partial charge in [-0.3, -0.25) is 0 Å². The smallest absolute Gasteiger partial charge is 0.0491 e.